The van der Waals surface area contributed by atoms with Crippen molar-refractivity contribution in [1.82, 2.24) is 0 Å². The van der Waals surface area contributed by atoms with Crippen molar-refractivity contribution in [2.45, 2.75) is 386 Å². The fraction of sp³-hybridized carbons (Fsp3) is 0.849. The van der Waals surface area contributed by atoms with Crippen molar-refractivity contribution in [1.29, 1.82) is 0 Å². The number of carbonyl (C=O) groups excluding carboxylic acids is 3. The van der Waals surface area contributed by atoms with E-state index in [-0.39, 0.29) is 31.1 Å². The Morgan fingerprint density at radius 1 is 0.253 bits per heavy atom. The predicted octanol–water partition coefficient (Wildman–Crippen LogP) is 24.1. The number of esters is 3. The monoisotopic (exact) mass is 1110 g/mol. The molecule has 1 atom stereocenters. The molecule has 0 aromatic carbocycles. The van der Waals surface area contributed by atoms with E-state index in [2.05, 4.69) is 69.4 Å². The molecule has 462 valence electrons. The molecular formula is C73H134O6. The largest absolute Gasteiger partial charge is 0.462 e. The van der Waals surface area contributed by atoms with Gasteiger partial charge in [0.25, 0.3) is 0 Å². The molecule has 0 N–H and O–H groups in total. The topological polar surface area (TPSA) is 78.9 Å². The zero-order valence-corrected chi connectivity index (χ0v) is 53.2. The molecule has 0 fully saturated rings. The van der Waals surface area contributed by atoms with Crippen LogP contribution in [0.15, 0.2) is 48.6 Å². The predicted molar refractivity (Wildman–Crippen MR) is 344 cm³/mol. The minimum Gasteiger partial charge on any atom is -0.462 e. The highest BCUT2D eigenvalue weighted by atomic mass is 16.6. The third-order valence-electron chi connectivity index (χ3n) is 15.8. The van der Waals surface area contributed by atoms with E-state index in [0.717, 1.165) is 70.6 Å². The van der Waals surface area contributed by atoms with E-state index >= 15 is 0 Å². The maximum atomic E-state index is 13.0. The summed E-state index contributed by atoms with van der Waals surface area (Å²) >= 11 is 0. The van der Waals surface area contributed by atoms with Gasteiger partial charge < -0.3 is 14.2 Å². The van der Waals surface area contributed by atoms with Crippen molar-refractivity contribution in [3.63, 3.8) is 0 Å². The van der Waals surface area contributed by atoms with Crippen LogP contribution < -0.4 is 0 Å². The van der Waals surface area contributed by atoms with Gasteiger partial charge in [0.1, 0.15) is 13.2 Å². The smallest absolute Gasteiger partial charge is 0.306 e. The normalized spacial score (nSPS) is 12.3. The van der Waals surface area contributed by atoms with Gasteiger partial charge in [0.15, 0.2) is 6.10 Å². The van der Waals surface area contributed by atoms with E-state index in [4.69, 9.17) is 14.2 Å². The van der Waals surface area contributed by atoms with Crippen LogP contribution in [0.2, 0.25) is 0 Å². The van der Waals surface area contributed by atoms with Gasteiger partial charge in [-0.25, -0.2) is 0 Å². The molecule has 0 aromatic heterocycles. The summed E-state index contributed by atoms with van der Waals surface area (Å²) in [6, 6.07) is 0. The molecule has 0 amide bonds. The summed E-state index contributed by atoms with van der Waals surface area (Å²) in [6.45, 7) is 6.67. The van der Waals surface area contributed by atoms with Crippen LogP contribution in [0.5, 0.6) is 0 Å². The van der Waals surface area contributed by atoms with Crippen molar-refractivity contribution in [2.75, 3.05) is 13.2 Å². The zero-order valence-electron chi connectivity index (χ0n) is 53.2. The molecule has 0 heterocycles. The van der Waals surface area contributed by atoms with Gasteiger partial charge in [-0.3, -0.25) is 14.4 Å². The van der Waals surface area contributed by atoms with E-state index in [0.29, 0.717) is 19.3 Å². The molecule has 0 aliphatic carbocycles. The molecule has 0 saturated carbocycles. The highest BCUT2D eigenvalue weighted by molar-refractivity contribution is 5.71. The first kappa shape index (κ1) is 76.4. The van der Waals surface area contributed by atoms with E-state index < -0.39 is 6.10 Å². The molecule has 0 aliphatic rings. The number of unbranched alkanes of at least 4 members (excludes halogenated alkanes) is 46. The SMILES string of the molecule is CCCCC/C=C\C/C=C\CCCCCCCCCCCC(=O)OC(COC(=O)CCCCCCCCCCCCCCC/C=C\C/C=C\CCCCCCC)COC(=O)CCCCCCCCCCCCCCCCCCC. The Balaban J connectivity index is 4.30. The molecule has 0 rings (SSSR count). The highest BCUT2D eigenvalue weighted by Crippen LogP contribution is 2.18. The lowest BCUT2D eigenvalue weighted by Gasteiger charge is -2.18. The third-order valence-corrected chi connectivity index (χ3v) is 15.8. The molecule has 6 nitrogen and oxygen atoms in total. The number of ether oxygens (including phenoxy) is 3. The van der Waals surface area contributed by atoms with Crippen LogP contribution in [0.25, 0.3) is 0 Å². The summed E-state index contributed by atoms with van der Waals surface area (Å²) in [5.41, 5.74) is 0. The molecule has 0 aliphatic heterocycles. The first-order valence-corrected chi connectivity index (χ1v) is 35.1. The Morgan fingerprint density at radius 3 is 0.722 bits per heavy atom. The van der Waals surface area contributed by atoms with E-state index in [1.54, 1.807) is 0 Å². The first-order valence-electron chi connectivity index (χ1n) is 35.1. The van der Waals surface area contributed by atoms with Crippen molar-refractivity contribution in [2.24, 2.45) is 0 Å². The second-order valence-corrected chi connectivity index (χ2v) is 23.8. The summed E-state index contributed by atoms with van der Waals surface area (Å²) in [5, 5.41) is 0. The summed E-state index contributed by atoms with van der Waals surface area (Å²) in [6.07, 6.45) is 85.5. The van der Waals surface area contributed by atoms with Crippen molar-refractivity contribution in [3.05, 3.63) is 48.6 Å². The fourth-order valence-electron chi connectivity index (χ4n) is 10.5. The van der Waals surface area contributed by atoms with Gasteiger partial charge >= 0.3 is 17.9 Å². The van der Waals surface area contributed by atoms with Crippen LogP contribution in [-0.2, 0) is 28.6 Å². The summed E-state index contributed by atoms with van der Waals surface area (Å²) in [7, 11) is 0. The van der Waals surface area contributed by atoms with Gasteiger partial charge in [0.2, 0.25) is 0 Å². The Morgan fingerprint density at radius 2 is 0.456 bits per heavy atom. The second kappa shape index (κ2) is 67.9. The number of hydrogen-bond donors (Lipinski definition) is 0. The summed E-state index contributed by atoms with van der Waals surface area (Å²) in [5.74, 6) is -0.848. The minimum absolute atomic E-state index is 0.0702. The van der Waals surface area contributed by atoms with Crippen molar-refractivity contribution >= 4 is 17.9 Å². The lowest BCUT2D eigenvalue weighted by Crippen LogP contribution is -2.30. The van der Waals surface area contributed by atoms with Crippen LogP contribution in [0.1, 0.15) is 380 Å². The lowest BCUT2D eigenvalue weighted by atomic mass is 10.0. The number of allylic oxidation sites excluding steroid dienone is 8. The first-order chi connectivity index (χ1) is 39.0. The van der Waals surface area contributed by atoms with Crippen LogP contribution in [0, 0.1) is 0 Å². The maximum absolute atomic E-state index is 13.0. The number of hydrogen-bond acceptors (Lipinski definition) is 6. The standard InChI is InChI=1S/C73H134O6/c1-4-7-10-13-16-19-22-25-28-31-33-34-35-36-37-38-40-42-45-48-51-54-57-60-63-66-72(75)78-69-70(68-77-71(74)65-62-59-56-53-50-47-44-41-30-27-24-21-18-15-12-9-6-3)79-73(76)67-64-61-58-55-52-49-46-43-39-32-29-26-23-20-17-14-11-8-5-2/h17,20,22,25-26,29,31,33,70H,4-16,18-19,21,23-24,27-28,30,32,34-69H2,1-3H3/b20-17-,25-22-,29-26-,33-31-. The molecule has 0 spiro atoms. The van der Waals surface area contributed by atoms with Crippen molar-refractivity contribution < 1.29 is 28.6 Å². The van der Waals surface area contributed by atoms with Crippen LogP contribution in [0.3, 0.4) is 0 Å². The van der Waals surface area contributed by atoms with Gasteiger partial charge in [-0.05, 0) is 83.5 Å². The van der Waals surface area contributed by atoms with Gasteiger partial charge in [-0.1, -0.05) is 326 Å². The average molecular weight is 1110 g/mol. The molecular weight excluding hydrogens is 973 g/mol. The van der Waals surface area contributed by atoms with Gasteiger partial charge in [-0.2, -0.15) is 0 Å². The van der Waals surface area contributed by atoms with Gasteiger partial charge in [0.05, 0.1) is 0 Å². The Labute approximate surface area is 492 Å². The number of rotatable bonds is 65. The second-order valence-electron chi connectivity index (χ2n) is 23.8. The summed E-state index contributed by atoms with van der Waals surface area (Å²) < 4.78 is 17.0. The highest BCUT2D eigenvalue weighted by Gasteiger charge is 2.19. The van der Waals surface area contributed by atoms with E-state index in [1.165, 1.54) is 270 Å². The molecule has 0 bridgehead atoms. The maximum Gasteiger partial charge on any atom is 0.306 e. The minimum atomic E-state index is -0.775. The zero-order chi connectivity index (χ0) is 57.1. The third kappa shape index (κ3) is 66.1. The molecule has 0 aromatic rings. The Bertz CT molecular complexity index is 1360. The molecule has 6 heteroatoms. The summed E-state index contributed by atoms with van der Waals surface area (Å²) in [4.78, 5) is 38.5. The average Bonchev–Trinajstić information content (AvgIpc) is 3.45. The molecule has 0 radical (unpaired) electrons. The van der Waals surface area contributed by atoms with Gasteiger partial charge in [-0.15, -0.1) is 0 Å². The van der Waals surface area contributed by atoms with Crippen LogP contribution >= 0.6 is 0 Å². The quantitative estimate of drug-likeness (QED) is 0.0261. The van der Waals surface area contributed by atoms with Crippen LogP contribution in [-0.4, -0.2) is 37.2 Å². The van der Waals surface area contributed by atoms with E-state index in [9.17, 15) is 14.4 Å². The number of carbonyl (C=O) groups is 3. The van der Waals surface area contributed by atoms with Crippen molar-refractivity contribution in [3.8, 4) is 0 Å². The Kier molecular flexibility index (Phi) is 65.6. The fourth-order valence-corrected chi connectivity index (χ4v) is 10.5. The Hall–Kier alpha value is -2.63. The molecule has 79 heavy (non-hydrogen) atoms. The lowest BCUT2D eigenvalue weighted by molar-refractivity contribution is -0.167. The van der Waals surface area contributed by atoms with Crippen LogP contribution in [0.4, 0.5) is 0 Å². The van der Waals surface area contributed by atoms with E-state index in [1.807, 2.05) is 0 Å². The van der Waals surface area contributed by atoms with Gasteiger partial charge in [0, 0.05) is 19.3 Å². The molecule has 0 saturated heterocycles. The molecule has 1 unspecified atom stereocenters.